The van der Waals surface area contributed by atoms with Gasteiger partial charge in [0.1, 0.15) is 17.3 Å². The number of nitro groups is 1. The van der Waals surface area contributed by atoms with Crippen molar-refractivity contribution in [2.75, 3.05) is 0 Å². The van der Waals surface area contributed by atoms with Gasteiger partial charge in [-0.1, -0.05) is 19.8 Å². The average Bonchev–Trinajstić information content (AvgIpc) is 2.65. The molecule has 2 aromatic rings. The molecule has 0 bridgehead atoms. The Labute approximate surface area is 169 Å². The van der Waals surface area contributed by atoms with Gasteiger partial charge in [0.15, 0.2) is 5.69 Å². The highest BCUT2D eigenvalue weighted by molar-refractivity contribution is 9.10. The van der Waals surface area contributed by atoms with Crippen LogP contribution >= 0.6 is 15.9 Å². The standard InChI is InChI=1S/C18H18BrN5O4/c1-3-4-5-8-23-17(25)13(10-20)11(2)16(18(23)26)22-21-15-7-6-12(24(27)28)9-14(15)19/h6-7,9,25H,3-5,8H2,1-2H3. The Morgan fingerprint density at radius 3 is 2.64 bits per heavy atom. The molecule has 0 amide bonds. The van der Waals surface area contributed by atoms with E-state index in [4.69, 9.17) is 0 Å². The molecule has 9 nitrogen and oxygen atoms in total. The van der Waals surface area contributed by atoms with E-state index in [9.17, 15) is 25.3 Å². The molecule has 10 heteroatoms. The number of aromatic hydroxyl groups is 1. The number of halogens is 1. The molecule has 0 saturated carbocycles. The lowest BCUT2D eigenvalue weighted by molar-refractivity contribution is -0.384. The molecule has 28 heavy (non-hydrogen) atoms. The molecule has 0 spiro atoms. The lowest BCUT2D eigenvalue weighted by atomic mass is 10.1. The normalized spacial score (nSPS) is 10.9. The Morgan fingerprint density at radius 2 is 2.07 bits per heavy atom. The first kappa shape index (κ1) is 21.2. The van der Waals surface area contributed by atoms with Crippen molar-refractivity contribution in [1.29, 1.82) is 5.26 Å². The lowest BCUT2D eigenvalue weighted by Crippen LogP contribution is -2.22. The Bertz CT molecular complexity index is 1040. The second-order valence-corrected chi connectivity index (χ2v) is 6.90. The van der Waals surface area contributed by atoms with Gasteiger partial charge < -0.3 is 5.11 Å². The highest BCUT2D eigenvalue weighted by Crippen LogP contribution is 2.32. The molecule has 0 saturated heterocycles. The topological polar surface area (TPSA) is 134 Å². The Balaban J connectivity index is 2.52. The number of azo groups is 1. The van der Waals surface area contributed by atoms with Crippen molar-refractivity contribution in [1.82, 2.24) is 4.57 Å². The van der Waals surface area contributed by atoms with Crippen LogP contribution in [0, 0.1) is 28.4 Å². The molecular formula is C18H18BrN5O4. The van der Waals surface area contributed by atoms with Crippen LogP contribution < -0.4 is 5.56 Å². The third-order valence-corrected chi connectivity index (χ3v) is 4.79. The van der Waals surface area contributed by atoms with E-state index in [2.05, 4.69) is 26.2 Å². The molecule has 0 aliphatic carbocycles. The van der Waals surface area contributed by atoms with Gasteiger partial charge in [-0.3, -0.25) is 19.5 Å². The van der Waals surface area contributed by atoms with Gasteiger partial charge in [-0.25, -0.2) is 0 Å². The fourth-order valence-corrected chi connectivity index (χ4v) is 3.02. The third-order valence-electron chi connectivity index (χ3n) is 4.15. The number of hydrogen-bond acceptors (Lipinski definition) is 7. The molecule has 1 aromatic carbocycles. The summed E-state index contributed by atoms with van der Waals surface area (Å²) in [6.07, 6.45) is 2.48. The van der Waals surface area contributed by atoms with E-state index in [0.29, 0.717) is 10.9 Å². The summed E-state index contributed by atoms with van der Waals surface area (Å²) in [6, 6.07) is 5.84. The summed E-state index contributed by atoms with van der Waals surface area (Å²) in [5.74, 6) is -0.378. The largest absolute Gasteiger partial charge is 0.493 e. The zero-order valence-corrected chi connectivity index (χ0v) is 16.9. The summed E-state index contributed by atoms with van der Waals surface area (Å²) in [7, 11) is 0. The minimum Gasteiger partial charge on any atom is -0.493 e. The molecule has 2 rings (SSSR count). The number of aromatic nitrogens is 1. The maximum Gasteiger partial charge on any atom is 0.281 e. The van der Waals surface area contributed by atoms with Gasteiger partial charge >= 0.3 is 0 Å². The maximum absolute atomic E-state index is 12.8. The molecule has 0 radical (unpaired) electrons. The Kier molecular flexibility index (Phi) is 7.00. The zero-order valence-electron chi connectivity index (χ0n) is 15.3. The Hall–Kier alpha value is -3.06. The molecule has 1 N–H and O–H groups in total. The van der Waals surface area contributed by atoms with Crippen LogP contribution in [0.1, 0.15) is 37.3 Å². The predicted molar refractivity (Wildman–Crippen MR) is 106 cm³/mol. The number of nitriles is 1. The van der Waals surface area contributed by atoms with Gasteiger partial charge in [-0.15, -0.1) is 10.2 Å². The van der Waals surface area contributed by atoms with Gasteiger partial charge in [-0.05, 0) is 35.3 Å². The van der Waals surface area contributed by atoms with E-state index < -0.39 is 10.5 Å². The van der Waals surface area contributed by atoms with Crippen molar-refractivity contribution in [3.63, 3.8) is 0 Å². The zero-order chi connectivity index (χ0) is 20.8. The highest BCUT2D eigenvalue weighted by Gasteiger charge is 2.19. The van der Waals surface area contributed by atoms with Crippen molar-refractivity contribution in [2.45, 2.75) is 39.7 Å². The first-order valence-electron chi connectivity index (χ1n) is 8.53. The molecule has 0 atom stereocenters. The van der Waals surface area contributed by atoms with Crippen molar-refractivity contribution in [3.05, 3.63) is 54.3 Å². The van der Waals surface area contributed by atoms with Gasteiger partial charge in [0.2, 0.25) is 5.88 Å². The van der Waals surface area contributed by atoms with Crippen LogP contribution in [-0.4, -0.2) is 14.6 Å². The summed E-state index contributed by atoms with van der Waals surface area (Å²) >= 11 is 3.19. The fourth-order valence-electron chi connectivity index (χ4n) is 2.58. The Morgan fingerprint density at radius 1 is 1.36 bits per heavy atom. The molecule has 146 valence electrons. The number of hydrogen-bond donors (Lipinski definition) is 1. The highest BCUT2D eigenvalue weighted by atomic mass is 79.9. The van der Waals surface area contributed by atoms with Crippen molar-refractivity contribution >= 4 is 33.0 Å². The van der Waals surface area contributed by atoms with E-state index in [1.54, 1.807) is 0 Å². The van der Waals surface area contributed by atoms with Gasteiger partial charge in [-0.2, -0.15) is 5.26 Å². The van der Waals surface area contributed by atoms with Crippen LogP contribution in [0.25, 0.3) is 0 Å². The lowest BCUT2D eigenvalue weighted by Gasteiger charge is -2.12. The average molecular weight is 448 g/mol. The van der Waals surface area contributed by atoms with Crippen molar-refractivity contribution in [2.24, 2.45) is 10.2 Å². The summed E-state index contributed by atoms with van der Waals surface area (Å²) < 4.78 is 1.46. The summed E-state index contributed by atoms with van der Waals surface area (Å²) in [4.78, 5) is 23.0. The van der Waals surface area contributed by atoms with E-state index in [1.165, 1.54) is 25.1 Å². The molecule has 0 unspecified atom stereocenters. The molecule has 0 aliphatic heterocycles. The minimum absolute atomic E-state index is 0.0344. The quantitative estimate of drug-likeness (QED) is 0.275. The van der Waals surface area contributed by atoms with Crippen LogP contribution in [0.2, 0.25) is 0 Å². The number of rotatable bonds is 7. The molecule has 0 fully saturated rings. The van der Waals surface area contributed by atoms with Crippen LogP contribution in [0.4, 0.5) is 17.1 Å². The second-order valence-electron chi connectivity index (χ2n) is 6.04. The van der Waals surface area contributed by atoms with Gasteiger partial charge in [0.25, 0.3) is 11.2 Å². The summed E-state index contributed by atoms with van der Waals surface area (Å²) in [6.45, 7) is 3.78. The number of unbranched alkanes of at least 4 members (excludes halogenated alkanes) is 2. The van der Waals surface area contributed by atoms with Crippen LogP contribution in [0.15, 0.2) is 37.7 Å². The number of benzene rings is 1. The fraction of sp³-hybridized carbons (Fsp3) is 0.333. The van der Waals surface area contributed by atoms with Gasteiger partial charge in [0, 0.05) is 24.2 Å². The maximum atomic E-state index is 12.8. The number of non-ortho nitro benzene ring substituents is 1. The number of nitrogens with zero attached hydrogens (tertiary/aromatic N) is 5. The second kappa shape index (κ2) is 9.23. The first-order valence-corrected chi connectivity index (χ1v) is 9.33. The molecule has 0 aliphatic rings. The molecule has 1 aromatic heterocycles. The number of nitro benzene ring substituents is 1. The number of pyridine rings is 1. The smallest absolute Gasteiger partial charge is 0.281 e. The van der Waals surface area contributed by atoms with Gasteiger partial charge in [0.05, 0.1) is 9.40 Å². The van der Waals surface area contributed by atoms with Crippen LogP contribution in [0.5, 0.6) is 5.88 Å². The minimum atomic E-state index is -0.549. The van der Waals surface area contributed by atoms with Crippen LogP contribution in [0.3, 0.4) is 0 Å². The molecule has 1 heterocycles. The molecular weight excluding hydrogens is 430 g/mol. The van der Waals surface area contributed by atoms with E-state index in [1.807, 2.05) is 13.0 Å². The van der Waals surface area contributed by atoms with Crippen molar-refractivity contribution in [3.8, 4) is 11.9 Å². The first-order chi connectivity index (χ1) is 13.3. The van der Waals surface area contributed by atoms with Crippen molar-refractivity contribution < 1.29 is 10.0 Å². The SMILES string of the molecule is CCCCCn1c(O)c(C#N)c(C)c(N=Nc2ccc([N+](=O)[O-])cc2Br)c1=O. The third kappa shape index (κ3) is 4.43. The summed E-state index contributed by atoms with van der Waals surface area (Å²) in [5, 5.41) is 38.4. The monoisotopic (exact) mass is 447 g/mol. The van der Waals surface area contributed by atoms with E-state index in [0.717, 1.165) is 17.4 Å². The predicted octanol–water partition coefficient (Wildman–Crippen LogP) is 5.01. The summed E-state index contributed by atoms with van der Waals surface area (Å²) in [5.41, 5.74) is -0.250. The van der Waals surface area contributed by atoms with Crippen LogP contribution in [-0.2, 0) is 6.54 Å². The van der Waals surface area contributed by atoms with E-state index >= 15 is 0 Å². The van der Waals surface area contributed by atoms with E-state index in [-0.39, 0.29) is 40.6 Å².